The first-order valence-corrected chi connectivity index (χ1v) is 25.4. The van der Waals surface area contributed by atoms with Crippen molar-refractivity contribution in [3.63, 3.8) is 0 Å². The minimum absolute atomic E-state index is 0.111. The molecule has 0 spiro atoms. The standard InChI is InChI=1S/C66H42B2N4O2/c1-6-22-43(23-7-1)69(44-24-8-2-9-25-44)48-38-57-63-58(39-48)72-55-35-19-16-32-50(55)62-65(72)53(67(63)51-33-17-20-36-56(51)71(57)47-30-14-5-15-31-47)42-54-66(62)74-61-41-49(40-60-64(61)68(54)52-34-18-21-37-59(52)73-60)70(45-26-10-3-11-27-45)46-28-12-4-13-29-46/h1-42H. The zero-order valence-corrected chi connectivity index (χ0v) is 40.0. The van der Waals surface area contributed by atoms with E-state index in [1.807, 2.05) is 0 Å². The van der Waals surface area contributed by atoms with E-state index in [0.717, 1.165) is 118 Å². The van der Waals surface area contributed by atoms with Gasteiger partial charge in [0.05, 0.1) is 22.4 Å². The maximum absolute atomic E-state index is 7.64. The van der Waals surface area contributed by atoms with Gasteiger partial charge in [0.2, 0.25) is 0 Å². The predicted octanol–water partition coefficient (Wildman–Crippen LogP) is 13.1. The lowest BCUT2D eigenvalue weighted by Crippen LogP contribution is -2.63. The molecule has 0 aliphatic carbocycles. The third-order valence-electron chi connectivity index (χ3n) is 15.6. The summed E-state index contributed by atoms with van der Waals surface area (Å²) >= 11 is 0. The summed E-state index contributed by atoms with van der Waals surface area (Å²) < 4.78 is 17.2. The van der Waals surface area contributed by atoms with Gasteiger partial charge >= 0.3 is 0 Å². The molecule has 1 aromatic heterocycles. The molecule has 8 heteroatoms. The van der Waals surface area contributed by atoms with E-state index in [1.54, 1.807) is 0 Å². The van der Waals surface area contributed by atoms with Crippen LogP contribution in [0.2, 0.25) is 0 Å². The average Bonchev–Trinajstić information content (AvgIpc) is 3.97. The molecule has 4 aliphatic rings. The van der Waals surface area contributed by atoms with Crippen LogP contribution in [0.1, 0.15) is 0 Å². The highest BCUT2D eigenvalue weighted by molar-refractivity contribution is 7.02. The van der Waals surface area contributed by atoms with Crippen molar-refractivity contribution in [1.82, 2.24) is 4.57 Å². The minimum atomic E-state index is -0.166. The van der Waals surface area contributed by atoms with Crippen LogP contribution in [0.4, 0.5) is 51.2 Å². The molecule has 4 aliphatic heterocycles. The lowest BCUT2D eigenvalue weighted by Gasteiger charge is -2.42. The number of nitrogens with zero attached hydrogens (tertiary/aromatic N) is 4. The lowest BCUT2D eigenvalue weighted by atomic mass is 9.31. The van der Waals surface area contributed by atoms with Gasteiger partial charge in [0.1, 0.15) is 23.0 Å². The molecule has 0 fully saturated rings. The number of hydrogen-bond acceptors (Lipinski definition) is 5. The third kappa shape index (κ3) is 5.91. The van der Waals surface area contributed by atoms with Crippen LogP contribution in [0.25, 0.3) is 27.5 Å². The molecular formula is C66H42B2N4O2. The first kappa shape index (κ1) is 41.0. The largest absolute Gasteiger partial charge is 0.458 e. The van der Waals surface area contributed by atoms with Crippen LogP contribution in [0.15, 0.2) is 255 Å². The fourth-order valence-corrected chi connectivity index (χ4v) is 12.7. The zero-order chi connectivity index (χ0) is 48.4. The number of aromatic nitrogens is 1. The highest BCUT2D eigenvalue weighted by Crippen LogP contribution is 2.49. The van der Waals surface area contributed by atoms with Crippen LogP contribution < -0.4 is 57.0 Å². The number of hydrogen-bond donors (Lipinski definition) is 0. The van der Waals surface area contributed by atoms with Gasteiger partial charge in [0, 0.05) is 73.9 Å². The number of ether oxygens (including phenoxy) is 2. The summed E-state index contributed by atoms with van der Waals surface area (Å²) in [5.41, 5.74) is 20.2. The molecule has 0 bridgehead atoms. The smallest absolute Gasteiger partial charge is 0.260 e. The van der Waals surface area contributed by atoms with Crippen LogP contribution in [-0.2, 0) is 0 Å². The van der Waals surface area contributed by atoms with E-state index in [0.29, 0.717) is 0 Å². The predicted molar refractivity (Wildman–Crippen MR) is 307 cm³/mol. The molecule has 0 saturated heterocycles. The average molecular weight is 945 g/mol. The van der Waals surface area contributed by atoms with Crippen molar-refractivity contribution in [2.75, 3.05) is 14.7 Å². The van der Waals surface area contributed by atoms with Crippen molar-refractivity contribution >= 4 is 119 Å². The molecule has 74 heavy (non-hydrogen) atoms. The number of para-hydroxylation sites is 8. The number of rotatable bonds is 7. The molecule has 0 amide bonds. The SMILES string of the molecule is c1ccc(N(c2ccccc2)c2cc3c4c(c2)Oc2c(cc5c6c2c2ccccc2n6-c2cc(N(c6ccccc6)c6ccccc6)cc6c2B5c2ccccc2N6c2ccccc2)B4c2ccccc2O3)cc1. The maximum Gasteiger partial charge on any atom is 0.260 e. The maximum atomic E-state index is 7.64. The van der Waals surface area contributed by atoms with Crippen LogP contribution in [0.3, 0.4) is 0 Å². The Kier molecular flexibility index (Phi) is 8.83. The van der Waals surface area contributed by atoms with Crippen molar-refractivity contribution in [2.24, 2.45) is 0 Å². The molecule has 0 N–H and O–H groups in total. The fraction of sp³-hybridized carbons (Fsp3) is 0. The van der Waals surface area contributed by atoms with Gasteiger partial charge in [-0.25, -0.2) is 0 Å². The highest BCUT2D eigenvalue weighted by atomic mass is 16.5. The van der Waals surface area contributed by atoms with Gasteiger partial charge in [-0.3, -0.25) is 0 Å². The van der Waals surface area contributed by atoms with Crippen molar-refractivity contribution < 1.29 is 9.47 Å². The number of benzene rings is 11. The highest BCUT2D eigenvalue weighted by Gasteiger charge is 2.47. The van der Waals surface area contributed by atoms with Gasteiger partial charge in [-0.2, -0.15) is 0 Å². The molecule has 11 aromatic carbocycles. The monoisotopic (exact) mass is 944 g/mol. The van der Waals surface area contributed by atoms with Crippen LogP contribution in [-0.4, -0.2) is 18.0 Å². The van der Waals surface area contributed by atoms with Crippen molar-refractivity contribution in [2.45, 2.75) is 0 Å². The van der Waals surface area contributed by atoms with Gasteiger partial charge in [0.25, 0.3) is 13.4 Å². The van der Waals surface area contributed by atoms with E-state index in [4.69, 9.17) is 9.47 Å². The molecule has 0 radical (unpaired) electrons. The second-order valence-electron chi connectivity index (χ2n) is 19.6. The van der Waals surface area contributed by atoms with E-state index in [1.165, 1.54) is 16.4 Å². The first-order valence-electron chi connectivity index (χ1n) is 25.4. The van der Waals surface area contributed by atoms with E-state index < -0.39 is 0 Å². The second-order valence-corrected chi connectivity index (χ2v) is 19.6. The number of anilines is 9. The van der Waals surface area contributed by atoms with Crippen LogP contribution >= 0.6 is 0 Å². The molecule has 16 rings (SSSR count). The zero-order valence-electron chi connectivity index (χ0n) is 40.0. The summed E-state index contributed by atoms with van der Waals surface area (Å²) in [6.07, 6.45) is 0. The van der Waals surface area contributed by atoms with Crippen molar-refractivity contribution in [3.8, 4) is 28.7 Å². The van der Waals surface area contributed by atoms with Crippen LogP contribution in [0.5, 0.6) is 23.0 Å². The van der Waals surface area contributed by atoms with Crippen LogP contribution in [0, 0.1) is 0 Å². The molecule has 0 unspecified atom stereocenters. The van der Waals surface area contributed by atoms with E-state index in [-0.39, 0.29) is 13.4 Å². The summed E-state index contributed by atoms with van der Waals surface area (Å²) in [6.45, 7) is -0.277. The molecule has 0 saturated carbocycles. The van der Waals surface area contributed by atoms with E-state index in [9.17, 15) is 0 Å². The Bertz CT molecular complexity index is 4150. The Labute approximate surface area is 429 Å². The third-order valence-corrected chi connectivity index (χ3v) is 15.6. The van der Waals surface area contributed by atoms with E-state index in [2.05, 4.69) is 274 Å². The Morgan fingerprint density at radius 2 is 0.838 bits per heavy atom. The number of fused-ring (bicyclic) bond motifs is 12. The molecule has 344 valence electrons. The van der Waals surface area contributed by atoms with Crippen molar-refractivity contribution in [3.05, 3.63) is 255 Å². The fourth-order valence-electron chi connectivity index (χ4n) is 12.7. The molecule has 6 nitrogen and oxygen atoms in total. The molecule has 5 heterocycles. The van der Waals surface area contributed by atoms with Gasteiger partial charge < -0.3 is 28.7 Å². The Balaban J connectivity index is 1.01. The van der Waals surface area contributed by atoms with Crippen molar-refractivity contribution in [1.29, 1.82) is 0 Å². The minimum Gasteiger partial charge on any atom is -0.458 e. The summed E-state index contributed by atoms with van der Waals surface area (Å²) in [7, 11) is 0. The van der Waals surface area contributed by atoms with Gasteiger partial charge in [-0.05, 0) is 118 Å². The Hall–Kier alpha value is -9.65. The summed E-state index contributed by atoms with van der Waals surface area (Å²) in [6, 6.07) is 91.8. The Morgan fingerprint density at radius 3 is 1.49 bits per heavy atom. The van der Waals surface area contributed by atoms with Gasteiger partial charge in [0.15, 0.2) is 0 Å². The Morgan fingerprint density at radius 1 is 0.338 bits per heavy atom. The first-order chi connectivity index (χ1) is 36.7. The normalized spacial score (nSPS) is 13.0. The van der Waals surface area contributed by atoms with E-state index >= 15 is 0 Å². The van der Waals surface area contributed by atoms with Gasteiger partial charge in [-0.15, -0.1) is 0 Å². The summed E-state index contributed by atoms with van der Waals surface area (Å²) in [5, 5.41) is 2.26. The quantitative estimate of drug-likeness (QED) is 0.149. The summed E-state index contributed by atoms with van der Waals surface area (Å²) in [4.78, 5) is 7.17. The van der Waals surface area contributed by atoms with Gasteiger partial charge in [-0.1, -0.05) is 152 Å². The second kappa shape index (κ2) is 15.9. The summed E-state index contributed by atoms with van der Waals surface area (Å²) in [5.74, 6) is 3.32. The molecular weight excluding hydrogens is 902 g/mol. The molecule has 0 atom stereocenters. The molecule has 12 aromatic rings. The topological polar surface area (TPSA) is 33.1 Å². The lowest BCUT2D eigenvalue weighted by molar-refractivity contribution is 0.467.